The molecule has 0 saturated carbocycles. The highest BCUT2D eigenvalue weighted by Gasteiger charge is 2.43. The van der Waals surface area contributed by atoms with Crippen LogP contribution in [-0.4, -0.2) is 20.5 Å². The van der Waals surface area contributed by atoms with Crippen LogP contribution in [0.2, 0.25) is 0 Å². The zero-order chi connectivity index (χ0) is 19.4. The first kappa shape index (κ1) is 17.2. The van der Waals surface area contributed by atoms with Crippen LogP contribution in [0.1, 0.15) is 34.6 Å². The van der Waals surface area contributed by atoms with Crippen molar-refractivity contribution in [1.29, 1.82) is 0 Å². The van der Waals surface area contributed by atoms with Crippen molar-refractivity contribution in [3.8, 4) is 0 Å². The quantitative estimate of drug-likeness (QED) is 0.703. The second-order valence-corrected chi connectivity index (χ2v) is 8.07. The lowest BCUT2D eigenvalue weighted by Crippen LogP contribution is -2.40. The highest BCUT2D eigenvalue weighted by molar-refractivity contribution is 7.10. The van der Waals surface area contributed by atoms with E-state index < -0.39 is 23.6 Å². The number of thiophene rings is 1. The second-order valence-electron chi connectivity index (χ2n) is 7.09. The largest absolute Gasteiger partial charge is 0.328 e. The second kappa shape index (κ2) is 6.34. The Labute approximate surface area is 163 Å². The van der Waals surface area contributed by atoms with Gasteiger partial charge in [0, 0.05) is 29.0 Å². The molecule has 5 nitrogen and oxygen atoms in total. The molecule has 0 fully saturated rings. The van der Waals surface area contributed by atoms with Crippen LogP contribution in [0.15, 0.2) is 47.5 Å². The summed E-state index contributed by atoms with van der Waals surface area (Å²) in [5, 5.41) is 9.58. The third-order valence-corrected chi connectivity index (χ3v) is 6.20. The Balaban J connectivity index is 1.67. The van der Waals surface area contributed by atoms with Gasteiger partial charge in [0.15, 0.2) is 0 Å². The van der Waals surface area contributed by atoms with E-state index >= 15 is 0 Å². The topological polar surface area (TPSA) is 59.8 Å². The number of allylic oxidation sites excluding steroid dienone is 2. The summed E-state index contributed by atoms with van der Waals surface area (Å²) in [7, 11) is 0. The van der Waals surface area contributed by atoms with Crippen LogP contribution >= 0.6 is 11.3 Å². The molecule has 142 valence electrons. The summed E-state index contributed by atoms with van der Waals surface area (Å²) >= 11 is 1.60. The summed E-state index contributed by atoms with van der Waals surface area (Å²) < 4.78 is 29.4. The third-order valence-electron chi connectivity index (χ3n) is 5.19. The number of nitrogens with one attached hydrogen (secondary N) is 1. The molecule has 1 N–H and O–H groups in total. The van der Waals surface area contributed by atoms with E-state index in [1.165, 1.54) is 12.1 Å². The van der Waals surface area contributed by atoms with Crippen LogP contribution in [0.5, 0.6) is 0 Å². The first-order valence-electron chi connectivity index (χ1n) is 8.93. The SMILES string of the molecule is Cc1nc2n(n1)[C@H](c1cc(F)cc(F)c1)[C@H]1C(=O)C[C@H](c3cccs3)C=C1N2. The molecule has 2 aliphatic rings. The van der Waals surface area contributed by atoms with Crippen LogP contribution in [0.25, 0.3) is 0 Å². The number of nitrogens with zero attached hydrogens (tertiary/aromatic N) is 3. The number of rotatable bonds is 2. The van der Waals surface area contributed by atoms with Gasteiger partial charge in [0.25, 0.3) is 0 Å². The molecule has 0 radical (unpaired) electrons. The van der Waals surface area contributed by atoms with Crippen molar-refractivity contribution in [2.75, 3.05) is 5.32 Å². The van der Waals surface area contributed by atoms with Crippen molar-refractivity contribution < 1.29 is 13.6 Å². The fourth-order valence-corrected chi connectivity index (χ4v) is 4.90. The molecule has 1 aromatic carbocycles. The van der Waals surface area contributed by atoms with Gasteiger partial charge in [-0.25, -0.2) is 13.5 Å². The predicted molar refractivity (Wildman–Crippen MR) is 101 cm³/mol. The number of hydrogen-bond acceptors (Lipinski definition) is 5. The molecule has 28 heavy (non-hydrogen) atoms. The van der Waals surface area contributed by atoms with E-state index in [0.29, 0.717) is 29.5 Å². The number of hydrogen-bond donors (Lipinski definition) is 1. The maximum Gasteiger partial charge on any atom is 0.226 e. The normalized spacial score (nSPS) is 23.6. The van der Waals surface area contributed by atoms with Crippen molar-refractivity contribution in [2.45, 2.75) is 25.3 Å². The lowest BCUT2D eigenvalue weighted by Gasteiger charge is -2.37. The molecule has 1 aliphatic carbocycles. The average molecular weight is 398 g/mol. The fraction of sp³-hybridized carbons (Fsp3) is 0.250. The van der Waals surface area contributed by atoms with Crippen molar-refractivity contribution in [2.24, 2.45) is 5.92 Å². The molecular weight excluding hydrogens is 382 g/mol. The molecule has 0 saturated heterocycles. The van der Waals surface area contributed by atoms with Crippen LogP contribution in [-0.2, 0) is 4.79 Å². The number of aromatic nitrogens is 3. The minimum Gasteiger partial charge on any atom is -0.328 e. The number of aryl methyl sites for hydroxylation is 1. The molecule has 3 heterocycles. The molecule has 0 amide bonds. The number of halogens is 2. The highest BCUT2D eigenvalue weighted by Crippen LogP contribution is 2.44. The lowest BCUT2D eigenvalue weighted by molar-refractivity contribution is -0.123. The van der Waals surface area contributed by atoms with Gasteiger partial charge in [-0.15, -0.1) is 11.3 Å². The van der Waals surface area contributed by atoms with Crippen molar-refractivity contribution in [1.82, 2.24) is 14.8 Å². The van der Waals surface area contributed by atoms with Crippen molar-refractivity contribution in [3.63, 3.8) is 0 Å². The Bertz CT molecular complexity index is 1090. The maximum atomic E-state index is 13.9. The molecule has 3 aromatic rings. The zero-order valence-electron chi connectivity index (χ0n) is 14.9. The first-order chi connectivity index (χ1) is 13.5. The maximum absolute atomic E-state index is 13.9. The predicted octanol–water partition coefficient (Wildman–Crippen LogP) is 4.20. The van der Waals surface area contributed by atoms with E-state index in [-0.39, 0.29) is 11.7 Å². The Morgan fingerprint density at radius 2 is 2.04 bits per heavy atom. The van der Waals surface area contributed by atoms with E-state index in [9.17, 15) is 13.6 Å². The molecular formula is C20H16F2N4OS. The number of carbonyl (C=O) groups excluding carboxylic acids is 1. The molecule has 0 bridgehead atoms. The molecule has 8 heteroatoms. The van der Waals surface area contributed by atoms with Gasteiger partial charge < -0.3 is 5.32 Å². The van der Waals surface area contributed by atoms with Crippen molar-refractivity contribution in [3.05, 3.63) is 75.4 Å². The van der Waals surface area contributed by atoms with Gasteiger partial charge >= 0.3 is 0 Å². The summed E-state index contributed by atoms with van der Waals surface area (Å²) in [5.41, 5.74) is 1.08. The molecule has 0 spiro atoms. The summed E-state index contributed by atoms with van der Waals surface area (Å²) in [6, 6.07) is 6.67. The first-order valence-corrected chi connectivity index (χ1v) is 9.81. The molecule has 5 rings (SSSR count). The molecule has 3 atom stereocenters. The average Bonchev–Trinajstić information content (AvgIpc) is 3.27. The van der Waals surface area contributed by atoms with Gasteiger partial charge in [0.05, 0.1) is 12.0 Å². The molecule has 1 aliphatic heterocycles. The highest BCUT2D eigenvalue weighted by atomic mass is 32.1. The number of anilines is 1. The number of benzene rings is 1. The van der Waals surface area contributed by atoms with Gasteiger partial charge in [0.1, 0.15) is 23.2 Å². The van der Waals surface area contributed by atoms with E-state index in [1.54, 1.807) is 22.9 Å². The standard InChI is InChI=1S/C20H16F2N4OS/c1-10-23-20-24-15-7-11(17-3-2-4-28-17)8-16(27)18(15)19(26(20)25-10)12-5-13(21)9-14(22)6-12/h2-7,9,11,18-19H,8H2,1H3,(H,23,24,25)/t11-,18-,19-/m1/s1. The van der Waals surface area contributed by atoms with Crippen LogP contribution in [0.3, 0.4) is 0 Å². The van der Waals surface area contributed by atoms with E-state index in [4.69, 9.17) is 0 Å². The molecule has 0 unspecified atom stereocenters. The van der Waals surface area contributed by atoms with Gasteiger partial charge in [-0.1, -0.05) is 12.1 Å². The van der Waals surface area contributed by atoms with Gasteiger partial charge in [-0.05, 0) is 36.1 Å². The van der Waals surface area contributed by atoms with Crippen molar-refractivity contribution >= 4 is 23.1 Å². The number of ketones is 1. The monoisotopic (exact) mass is 398 g/mol. The lowest BCUT2D eigenvalue weighted by atomic mass is 9.77. The summed E-state index contributed by atoms with van der Waals surface area (Å²) in [6.07, 6.45) is 2.38. The number of fused-ring (bicyclic) bond motifs is 2. The van der Waals surface area contributed by atoms with Gasteiger partial charge in [-0.3, -0.25) is 4.79 Å². The smallest absolute Gasteiger partial charge is 0.226 e. The minimum absolute atomic E-state index is 0.0110. The fourth-order valence-electron chi connectivity index (χ4n) is 4.11. The summed E-state index contributed by atoms with van der Waals surface area (Å²) in [6.45, 7) is 1.74. The van der Waals surface area contributed by atoms with E-state index in [2.05, 4.69) is 15.4 Å². The Kier molecular flexibility index (Phi) is 3.90. The minimum atomic E-state index is -0.683. The van der Waals surface area contributed by atoms with Crippen LogP contribution in [0, 0.1) is 24.5 Å². The number of Topliss-reactive ketones (excluding diaryl/α,β-unsaturated/α-hetero) is 1. The summed E-state index contributed by atoms with van der Waals surface area (Å²) in [4.78, 5) is 18.7. The number of carbonyl (C=O) groups is 1. The van der Waals surface area contributed by atoms with E-state index in [1.807, 2.05) is 23.6 Å². The third kappa shape index (κ3) is 2.75. The Morgan fingerprint density at radius 1 is 1.25 bits per heavy atom. The molecule has 2 aromatic heterocycles. The summed E-state index contributed by atoms with van der Waals surface area (Å²) in [5.74, 6) is -0.982. The van der Waals surface area contributed by atoms with Crippen LogP contribution in [0.4, 0.5) is 14.7 Å². The zero-order valence-corrected chi connectivity index (χ0v) is 15.7. The Morgan fingerprint density at radius 3 is 2.75 bits per heavy atom. The van der Waals surface area contributed by atoms with Crippen LogP contribution < -0.4 is 5.32 Å². The Hall–Kier alpha value is -2.87. The van der Waals surface area contributed by atoms with Gasteiger partial charge in [0.2, 0.25) is 5.95 Å². The van der Waals surface area contributed by atoms with Gasteiger partial charge in [-0.2, -0.15) is 10.1 Å². The van der Waals surface area contributed by atoms with E-state index in [0.717, 1.165) is 10.9 Å².